The van der Waals surface area contributed by atoms with Gasteiger partial charge in [-0.3, -0.25) is 13.9 Å². The van der Waals surface area contributed by atoms with Crippen LogP contribution in [0.15, 0.2) is 72.8 Å². The molecule has 3 rings (SSSR count). The van der Waals surface area contributed by atoms with Gasteiger partial charge < -0.3 is 10.2 Å². The van der Waals surface area contributed by atoms with Crippen molar-refractivity contribution in [2.75, 3.05) is 17.1 Å². The Kier molecular flexibility index (Phi) is 10.4. The first-order valence-corrected chi connectivity index (χ1v) is 14.8. The lowest BCUT2D eigenvalue weighted by atomic mass is 10.0. The summed E-state index contributed by atoms with van der Waals surface area (Å²) in [4.78, 5) is 28.6. The number of amides is 2. The fourth-order valence-electron chi connectivity index (χ4n) is 4.02. The van der Waals surface area contributed by atoms with E-state index >= 15 is 0 Å². The zero-order chi connectivity index (χ0) is 28.7. The van der Waals surface area contributed by atoms with Crippen molar-refractivity contribution in [1.82, 2.24) is 10.2 Å². The van der Waals surface area contributed by atoms with Crippen LogP contribution in [0.3, 0.4) is 0 Å². The predicted molar refractivity (Wildman–Crippen MR) is 153 cm³/mol. The van der Waals surface area contributed by atoms with E-state index < -0.39 is 40.2 Å². The third-order valence-electron chi connectivity index (χ3n) is 5.88. The lowest BCUT2D eigenvalue weighted by Crippen LogP contribution is -2.54. The van der Waals surface area contributed by atoms with E-state index in [0.717, 1.165) is 16.1 Å². The van der Waals surface area contributed by atoms with Crippen LogP contribution in [0.4, 0.5) is 10.1 Å². The summed E-state index contributed by atoms with van der Waals surface area (Å²) < 4.78 is 41.2. The quantitative estimate of drug-likeness (QED) is 0.336. The van der Waals surface area contributed by atoms with E-state index in [2.05, 4.69) is 5.32 Å². The number of nitrogens with one attached hydrogen (secondary N) is 1. The molecule has 0 heterocycles. The highest BCUT2D eigenvalue weighted by Gasteiger charge is 2.34. The second kappa shape index (κ2) is 13.3. The Morgan fingerprint density at radius 3 is 2.21 bits per heavy atom. The van der Waals surface area contributed by atoms with Crippen molar-refractivity contribution in [2.24, 2.45) is 0 Å². The van der Waals surface area contributed by atoms with E-state index in [4.69, 9.17) is 23.2 Å². The third-order valence-corrected chi connectivity index (χ3v) is 7.82. The number of anilines is 1. The summed E-state index contributed by atoms with van der Waals surface area (Å²) >= 11 is 12.4. The Morgan fingerprint density at radius 2 is 1.59 bits per heavy atom. The fraction of sp³-hybridized carbons (Fsp3) is 0.286. The number of hydrogen-bond acceptors (Lipinski definition) is 4. The van der Waals surface area contributed by atoms with Crippen LogP contribution in [0.5, 0.6) is 0 Å². The molecule has 0 bridgehead atoms. The first-order valence-electron chi connectivity index (χ1n) is 12.2. The highest BCUT2D eigenvalue weighted by atomic mass is 35.5. The summed E-state index contributed by atoms with van der Waals surface area (Å²) in [5.41, 5.74) is 0.954. The molecule has 0 aliphatic rings. The van der Waals surface area contributed by atoms with Gasteiger partial charge in [0.2, 0.25) is 21.8 Å². The molecule has 0 spiro atoms. The molecule has 11 heteroatoms. The Labute approximate surface area is 238 Å². The van der Waals surface area contributed by atoms with Gasteiger partial charge in [0.05, 0.1) is 22.0 Å². The molecule has 39 heavy (non-hydrogen) atoms. The molecule has 0 saturated carbocycles. The van der Waals surface area contributed by atoms with Gasteiger partial charge >= 0.3 is 0 Å². The molecule has 1 atom stereocenters. The number of hydrogen-bond donors (Lipinski definition) is 1. The zero-order valence-corrected chi connectivity index (χ0v) is 24.1. The molecule has 3 aromatic rings. The van der Waals surface area contributed by atoms with Gasteiger partial charge in [-0.25, -0.2) is 12.8 Å². The smallest absolute Gasteiger partial charge is 0.244 e. The van der Waals surface area contributed by atoms with Crippen molar-refractivity contribution in [3.63, 3.8) is 0 Å². The summed E-state index contributed by atoms with van der Waals surface area (Å²) in [5.74, 6) is -1.74. The molecule has 0 aliphatic heterocycles. The second-order valence-corrected chi connectivity index (χ2v) is 12.0. The van der Waals surface area contributed by atoms with Crippen LogP contribution in [0.25, 0.3) is 0 Å². The van der Waals surface area contributed by atoms with Crippen molar-refractivity contribution in [2.45, 2.75) is 38.9 Å². The van der Waals surface area contributed by atoms with E-state index in [1.54, 1.807) is 19.9 Å². The average molecular weight is 595 g/mol. The summed E-state index contributed by atoms with van der Waals surface area (Å²) in [7, 11) is -4.02. The maximum absolute atomic E-state index is 14.8. The van der Waals surface area contributed by atoms with Gasteiger partial charge in [-0.05, 0) is 37.6 Å². The van der Waals surface area contributed by atoms with Crippen molar-refractivity contribution in [3.05, 3.63) is 99.8 Å². The molecule has 208 valence electrons. The van der Waals surface area contributed by atoms with Gasteiger partial charge in [0.1, 0.15) is 18.4 Å². The number of halogens is 3. The zero-order valence-electron chi connectivity index (χ0n) is 21.8. The molecular weight excluding hydrogens is 564 g/mol. The lowest BCUT2D eigenvalue weighted by molar-refractivity contribution is -0.140. The van der Waals surface area contributed by atoms with Gasteiger partial charge in [0.15, 0.2) is 0 Å². The van der Waals surface area contributed by atoms with E-state index in [1.807, 2.05) is 30.3 Å². The molecule has 0 aliphatic carbocycles. The first kappa shape index (κ1) is 30.4. The van der Waals surface area contributed by atoms with Crippen LogP contribution in [0, 0.1) is 5.82 Å². The van der Waals surface area contributed by atoms with E-state index in [0.29, 0.717) is 0 Å². The summed E-state index contributed by atoms with van der Waals surface area (Å²) in [6.07, 6.45) is 1.06. The minimum absolute atomic E-state index is 0.0112. The molecule has 7 nitrogen and oxygen atoms in total. The third kappa shape index (κ3) is 8.17. The molecule has 0 unspecified atom stereocenters. The standard InChI is InChI=1S/C28H30Cl2FN3O4S/c1-19(2)32-28(36)25(16-20-10-5-4-6-11-20)33(17-21-12-7-8-14-23(21)31)26(35)18-34(39(3,37)38)24-15-9-13-22(29)27(24)30/h4-15,19,25H,16-18H2,1-3H3,(H,32,36)/t25-/m1/s1. The van der Waals surface area contributed by atoms with Gasteiger partial charge in [0, 0.05) is 24.6 Å². The maximum Gasteiger partial charge on any atom is 0.244 e. The summed E-state index contributed by atoms with van der Waals surface area (Å²) in [6, 6.07) is 18.1. The molecule has 3 aromatic carbocycles. The average Bonchev–Trinajstić information content (AvgIpc) is 2.87. The maximum atomic E-state index is 14.8. The highest BCUT2D eigenvalue weighted by molar-refractivity contribution is 7.92. The summed E-state index contributed by atoms with van der Waals surface area (Å²) in [6.45, 7) is 2.61. The topological polar surface area (TPSA) is 86.8 Å². The SMILES string of the molecule is CC(C)NC(=O)[C@@H](Cc1ccccc1)N(Cc1ccccc1F)C(=O)CN(c1cccc(Cl)c1Cl)S(C)(=O)=O. The first-order chi connectivity index (χ1) is 18.4. The van der Waals surface area contributed by atoms with Gasteiger partial charge in [-0.1, -0.05) is 77.8 Å². The Morgan fingerprint density at radius 1 is 0.949 bits per heavy atom. The summed E-state index contributed by atoms with van der Waals surface area (Å²) in [5, 5.41) is 2.90. The van der Waals surface area contributed by atoms with E-state index in [-0.39, 0.29) is 40.3 Å². The number of sulfonamides is 1. The van der Waals surface area contributed by atoms with Gasteiger partial charge in [-0.15, -0.1) is 0 Å². The molecule has 0 aromatic heterocycles. The fourth-order valence-corrected chi connectivity index (χ4v) is 5.33. The largest absolute Gasteiger partial charge is 0.352 e. The van der Waals surface area contributed by atoms with Crippen LogP contribution in [0.2, 0.25) is 10.0 Å². The molecule has 1 N–H and O–H groups in total. The minimum atomic E-state index is -4.02. The molecule has 0 fully saturated rings. The predicted octanol–water partition coefficient (Wildman–Crippen LogP) is 5.06. The molecule has 0 radical (unpaired) electrons. The van der Waals surface area contributed by atoms with Crippen molar-refractivity contribution >= 4 is 50.7 Å². The van der Waals surface area contributed by atoms with Crippen LogP contribution in [0.1, 0.15) is 25.0 Å². The van der Waals surface area contributed by atoms with Crippen LogP contribution in [-0.2, 0) is 32.6 Å². The van der Waals surface area contributed by atoms with Crippen LogP contribution < -0.4 is 9.62 Å². The Hall–Kier alpha value is -3.14. The Bertz CT molecular complexity index is 1420. The van der Waals surface area contributed by atoms with Crippen molar-refractivity contribution in [1.29, 1.82) is 0 Å². The molecular formula is C28H30Cl2FN3O4S. The number of carbonyl (C=O) groups excluding carboxylic acids is 2. The monoisotopic (exact) mass is 593 g/mol. The molecule has 2 amide bonds. The lowest BCUT2D eigenvalue weighted by Gasteiger charge is -2.34. The van der Waals surface area contributed by atoms with E-state index in [1.165, 1.54) is 41.3 Å². The number of nitrogens with zero attached hydrogens (tertiary/aromatic N) is 2. The van der Waals surface area contributed by atoms with Crippen molar-refractivity contribution < 1.29 is 22.4 Å². The van der Waals surface area contributed by atoms with Crippen LogP contribution >= 0.6 is 23.2 Å². The number of benzene rings is 3. The second-order valence-electron chi connectivity index (χ2n) is 9.32. The van der Waals surface area contributed by atoms with Crippen molar-refractivity contribution in [3.8, 4) is 0 Å². The number of carbonyl (C=O) groups is 2. The Balaban J connectivity index is 2.09. The minimum Gasteiger partial charge on any atom is -0.352 e. The number of rotatable bonds is 11. The molecule has 0 saturated heterocycles. The van der Waals surface area contributed by atoms with Gasteiger partial charge in [0.25, 0.3) is 0 Å². The van der Waals surface area contributed by atoms with Gasteiger partial charge in [-0.2, -0.15) is 0 Å². The highest BCUT2D eigenvalue weighted by Crippen LogP contribution is 2.34. The van der Waals surface area contributed by atoms with Crippen LogP contribution in [-0.4, -0.2) is 50.0 Å². The van der Waals surface area contributed by atoms with E-state index in [9.17, 15) is 22.4 Å². The normalized spacial score (nSPS) is 12.2.